The molecule has 0 aromatic carbocycles. The third-order valence-electron chi connectivity index (χ3n) is 4.92. The summed E-state index contributed by atoms with van der Waals surface area (Å²) >= 11 is 0. The van der Waals surface area contributed by atoms with Crippen LogP contribution in [0.5, 0.6) is 0 Å². The van der Waals surface area contributed by atoms with Gasteiger partial charge in [-0.3, -0.25) is 4.79 Å². The molecule has 162 valence electrons. The minimum Gasteiger partial charge on any atom is -0.479 e. The summed E-state index contributed by atoms with van der Waals surface area (Å²) in [6.45, 7) is 2.01. The maximum absolute atomic E-state index is 11.6. The van der Waals surface area contributed by atoms with E-state index in [1.165, 1.54) is 21.0 Å². The van der Waals surface area contributed by atoms with Gasteiger partial charge in [-0.15, -0.1) is 0 Å². The molecule has 12 nitrogen and oxygen atoms in total. The zero-order chi connectivity index (χ0) is 21.2. The molecule has 0 aromatic heterocycles. The van der Waals surface area contributed by atoms with Gasteiger partial charge in [-0.2, -0.15) is 0 Å². The molecule has 0 spiro atoms. The molecule has 0 aromatic rings. The highest BCUT2D eigenvalue weighted by atomic mass is 16.7. The van der Waals surface area contributed by atoms with Crippen molar-refractivity contribution in [3.8, 4) is 0 Å². The molecule has 2 fully saturated rings. The first-order valence-corrected chi connectivity index (χ1v) is 8.76. The van der Waals surface area contributed by atoms with Crippen LogP contribution < -0.4 is 5.32 Å². The maximum Gasteiger partial charge on any atom is 0.333 e. The second kappa shape index (κ2) is 9.41. The Labute approximate surface area is 160 Å². The molecule has 2 heterocycles. The Bertz CT molecular complexity index is 561. The van der Waals surface area contributed by atoms with Gasteiger partial charge in [0.05, 0.1) is 12.7 Å². The van der Waals surface area contributed by atoms with Crippen LogP contribution in [0.25, 0.3) is 0 Å². The van der Waals surface area contributed by atoms with E-state index in [0.29, 0.717) is 0 Å². The first kappa shape index (κ1) is 22.9. The van der Waals surface area contributed by atoms with Crippen LogP contribution in [0.1, 0.15) is 13.8 Å². The van der Waals surface area contributed by atoms with E-state index in [2.05, 4.69) is 5.32 Å². The van der Waals surface area contributed by atoms with Crippen LogP contribution in [0.3, 0.4) is 0 Å². The summed E-state index contributed by atoms with van der Waals surface area (Å²) in [7, 11) is 1.28. The highest BCUT2D eigenvalue weighted by molar-refractivity contribution is 5.73. The first-order valence-electron chi connectivity index (χ1n) is 8.76. The zero-order valence-corrected chi connectivity index (χ0v) is 15.7. The summed E-state index contributed by atoms with van der Waals surface area (Å²) in [6.07, 6.45) is -11.2. The van der Waals surface area contributed by atoms with Crippen LogP contribution in [-0.2, 0) is 28.5 Å². The highest BCUT2D eigenvalue weighted by Gasteiger charge is 2.51. The van der Waals surface area contributed by atoms with Gasteiger partial charge in [0.15, 0.2) is 18.7 Å². The summed E-state index contributed by atoms with van der Waals surface area (Å²) in [5.74, 6) is -2.78. The summed E-state index contributed by atoms with van der Waals surface area (Å²) in [6, 6.07) is -1.07. The number of hydrogen-bond donors (Lipinski definition) is 6. The van der Waals surface area contributed by atoms with Crippen molar-refractivity contribution in [1.82, 2.24) is 5.32 Å². The Morgan fingerprint density at radius 2 is 1.71 bits per heavy atom. The van der Waals surface area contributed by atoms with Crippen molar-refractivity contribution < 1.29 is 54.1 Å². The second-order valence-corrected chi connectivity index (χ2v) is 6.88. The van der Waals surface area contributed by atoms with Crippen molar-refractivity contribution in [1.29, 1.82) is 0 Å². The molecule has 0 bridgehead atoms. The number of nitrogens with one attached hydrogen (secondary N) is 1. The van der Waals surface area contributed by atoms with Gasteiger partial charge >= 0.3 is 5.97 Å². The molecule has 12 heteroatoms. The fraction of sp³-hybridized carbons (Fsp3) is 0.875. The zero-order valence-electron chi connectivity index (χ0n) is 15.7. The molecule has 2 aliphatic heterocycles. The number of carbonyl (C=O) groups is 2. The van der Waals surface area contributed by atoms with Crippen LogP contribution in [0.15, 0.2) is 0 Å². The Morgan fingerprint density at radius 3 is 2.21 bits per heavy atom. The van der Waals surface area contributed by atoms with Crippen LogP contribution in [0, 0.1) is 5.92 Å². The van der Waals surface area contributed by atoms with Crippen molar-refractivity contribution in [2.24, 2.45) is 5.92 Å². The number of aliphatic carboxylic acids is 1. The first-order chi connectivity index (χ1) is 13.1. The quantitative estimate of drug-likeness (QED) is 0.259. The molecule has 2 aliphatic rings. The lowest BCUT2D eigenvalue weighted by molar-refractivity contribution is -0.333. The molecule has 2 rings (SSSR count). The summed E-state index contributed by atoms with van der Waals surface area (Å²) in [5, 5.41) is 52.1. The molecule has 2 saturated heterocycles. The smallest absolute Gasteiger partial charge is 0.333 e. The SMILES string of the molecule is CO[C@@H]1O[C@H](CO)[C@H](O)[C@H](O[C@@H]2O[C@H](C(=O)O)[C@@H](C)[C@H](O)[C@H]2O)[C@H]1NC(C)=O. The standard InChI is InChI=1S/C16H27NO11/c1-5-9(20)11(22)16(27-12(5)14(23)24)28-13-8(17-6(2)19)15(25-3)26-7(4-18)10(13)21/h5,7-13,15-16,18,20-22H,4H2,1-3H3,(H,17,19)(H,23,24)/t5-,7+,8+,9-,10-,11+,12-,13+,15+,16-/m0/s1. The molecular weight excluding hydrogens is 382 g/mol. The van der Waals surface area contributed by atoms with E-state index in [9.17, 15) is 35.1 Å². The number of carboxylic acid groups (broad SMARTS) is 1. The van der Waals surface area contributed by atoms with Gasteiger partial charge in [0.2, 0.25) is 5.91 Å². The van der Waals surface area contributed by atoms with Crippen molar-refractivity contribution in [3.05, 3.63) is 0 Å². The number of carbonyl (C=O) groups excluding carboxylic acids is 1. The number of aliphatic hydroxyl groups is 4. The van der Waals surface area contributed by atoms with E-state index in [0.717, 1.165) is 0 Å². The van der Waals surface area contributed by atoms with Gasteiger partial charge in [0, 0.05) is 20.0 Å². The number of ether oxygens (including phenoxy) is 4. The largest absolute Gasteiger partial charge is 0.479 e. The Balaban J connectivity index is 2.29. The van der Waals surface area contributed by atoms with E-state index in [4.69, 9.17) is 18.9 Å². The third kappa shape index (κ3) is 4.60. The molecule has 0 aliphatic carbocycles. The van der Waals surface area contributed by atoms with Gasteiger partial charge in [-0.1, -0.05) is 6.92 Å². The van der Waals surface area contributed by atoms with Crippen LogP contribution >= 0.6 is 0 Å². The van der Waals surface area contributed by atoms with E-state index in [-0.39, 0.29) is 0 Å². The third-order valence-corrected chi connectivity index (χ3v) is 4.92. The predicted molar refractivity (Wildman–Crippen MR) is 88.7 cm³/mol. The molecule has 28 heavy (non-hydrogen) atoms. The molecule has 6 N–H and O–H groups in total. The number of carboxylic acids is 1. The summed E-state index contributed by atoms with van der Waals surface area (Å²) in [4.78, 5) is 22.9. The number of rotatable bonds is 6. The number of hydrogen-bond acceptors (Lipinski definition) is 10. The second-order valence-electron chi connectivity index (χ2n) is 6.88. The van der Waals surface area contributed by atoms with Crippen LogP contribution in [0.2, 0.25) is 0 Å². The maximum atomic E-state index is 11.6. The van der Waals surface area contributed by atoms with E-state index in [1.54, 1.807) is 0 Å². The van der Waals surface area contributed by atoms with Gasteiger partial charge < -0.3 is 49.8 Å². The molecule has 1 amide bonds. The van der Waals surface area contributed by atoms with Gasteiger partial charge in [-0.25, -0.2) is 4.79 Å². The number of methoxy groups -OCH3 is 1. The average Bonchev–Trinajstić information content (AvgIpc) is 2.64. The topological polar surface area (TPSA) is 184 Å². The highest BCUT2D eigenvalue weighted by Crippen LogP contribution is 2.31. The van der Waals surface area contributed by atoms with E-state index >= 15 is 0 Å². The van der Waals surface area contributed by atoms with Crippen molar-refractivity contribution in [2.45, 2.75) is 69.1 Å². The van der Waals surface area contributed by atoms with Crippen LogP contribution in [0.4, 0.5) is 0 Å². The summed E-state index contributed by atoms with van der Waals surface area (Å²) in [5.41, 5.74) is 0. The molecule has 0 radical (unpaired) electrons. The normalized spacial score (nSPS) is 44.1. The lowest BCUT2D eigenvalue weighted by Crippen LogP contribution is -2.67. The van der Waals surface area contributed by atoms with Gasteiger partial charge in [0.25, 0.3) is 0 Å². The fourth-order valence-corrected chi connectivity index (χ4v) is 3.37. The predicted octanol–water partition coefficient (Wildman–Crippen LogP) is -3.23. The lowest BCUT2D eigenvalue weighted by Gasteiger charge is -2.47. The van der Waals surface area contributed by atoms with Crippen molar-refractivity contribution in [3.63, 3.8) is 0 Å². The van der Waals surface area contributed by atoms with Crippen molar-refractivity contribution >= 4 is 11.9 Å². The number of amides is 1. The average molecular weight is 409 g/mol. The Hall–Kier alpha value is -1.38. The van der Waals surface area contributed by atoms with Crippen molar-refractivity contribution in [2.75, 3.05) is 13.7 Å². The van der Waals surface area contributed by atoms with E-state index < -0.39 is 79.6 Å². The molecular formula is C16H27NO11. The van der Waals surface area contributed by atoms with Gasteiger partial charge in [-0.05, 0) is 0 Å². The summed E-state index contributed by atoms with van der Waals surface area (Å²) < 4.78 is 21.4. The Morgan fingerprint density at radius 1 is 1.07 bits per heavy atom. The van der Waals surface area contributed by atoms with Gasteiger partial charge in [0.1, 0.15) is 30.5 Å². The molecule has 10 atom stereocenters. The minimum absolute atomic E-state index is 0.499. The number of aliphatic hydroxyl groups excluding tert-OH is 4. The molecule has 0 unspecified atom stereocenters. The monoisotopic (exact) mass is 409 g/mol. The minimum atomic E-state index is -1.63. The lowest BCUT2D eigenvalue weighted by atomic mass is 9.90. The van der Waals surface area contributed by atoms with Crippen LogP contribution in [-0.4, -0.2) is 106 Å². The Kier molecular flexibility index (Phi) is 7.70. The molecule has 0 saturated carbocycles. The van der Waals surface area contributed by atoms with E-state index in [1.807, 2.05) is 0 Å². The fourth-order valence-electron chi connectivity index (χ4n) is 3.37.